The molecule has 0 aliphatic heterocycles. The lowest BCUT2D eigenvalue weighted by Crippen LogP contribution is -2.40. The van der Waals surface area contributed by atoms with Crippen LogP contribution in [0.1, 0.15) is 18.1 Å². The van der Waals surface area contributed by atoms with Crippen molar-refractivity contribution < 1.29 is 18.3 Å². The van der Waals surface area contributed by atoms with Gasteiger partial charge in [0.25, 0.3) is 0 Å². The minimum absolute atomic E-state index is 0.123. The highest BCUT2D eigenvalue weighted by Gasteiger charge is 2.51. The fourth-order valence-corrected chi connectivity index (χ4v) is 1.48. The first kappa shape index (κ1) is 12.8. The Morgan fingerprint density at radius 3 is 2.38 bits per heavy atom. The standard InChI is InChI=1S/C12H13F3O/c1-3-6-9-7-4-5-8-10(9)11(2,16)12(13,14)15/h3-5,7-8,16H,1,6H2,2H3. The van der Waals surface area contributed by atoms with Crippen LogP contribution in [0.15, 0.2) is 36.9 Å². The third kappa shape index (κ3) is 2.27. The van der Waals surface area contributed by atoms with Crippen LogP contribution in [0.4, 0.5) is 13.2 Å². The summed E-state index contributed by atoms with van der Waals surface area (Å²) in [5, 5.41) is 9.57. The van der Waals surface area contributed by atoms with Gasteiger partial charge in [-0.25, -0.2) is 0 Å². The quantitative estimate of drug-likeness (QED) is 0.791. The molecule has 0 fully saturated rings. The monoisotopic (exact) mass is 230 g/mol. The van der Waals surface area contributed by atoms with E-state index in [0.29, 0.717) is 12.0 Å². The number of halogens is 3. The molecular weight excluding hydrogens is 217 g/mol. The van der Waals surface area contributed by atoms with Gasteiger partial charge in [-0.2, -0.15) is 13.2 Å². The Balaban J connectivity index is 3.26. The molecule has 0 bridgehead atoms. The van der Waals surface area contributed by atoms with Crippen molar-refractivity contribution in [3.63, 3.8) is 0 Å². The number of alkyl halides is 3. The van der Waals surface area contributed by atoms with Crippen LogP contribution >= 0.6 is 0 Å². The molecule has 0 amide bonds. The third-order valence-corrected chi connectivity index (χ3v) is 2.46. The summed E-state index contributed by atoms with van der Waals surface area (Å²) in [5.74, 6) is 0. The molecule has 0 saturated heterocycles. The predicted molar refractivity (Wildman–Crippen MR) is 56.0 cm³/mol. The molecule has 0 radical (unpaired) electrons. The number of benzene rings is 1. The molecule has 1 aromatic carbocycles. The predicted octanol–water partition coefficient (Wildman–Crippen LogP) is 3.18. The molecule has 1 unspecified atom stereocenters. The fraction of sp³-hybridized carbons (Fsp3) is 0.333. The van der Waals surface area contributed by atoms with E-state index in [-0.39, 0.29) is 5.56 Å². The van der Waals surface area contributed by atoms with Gasteiger partial charge in [-0.3, -0.25) is 0 Å². The van der Waals surface area contributed by atoms with Crippen LogP contribution in [0.3, 0.4) is 0 Å². The van der Waals surface area contributed by atoms with E-state index in [1.165, 1.54) is 18.2 Å². The van der Waals surface area contributed by atoms with Gasteiger partial charge in [-0.05, 0) is 24.5 Å². The zero-order valence-corrected chi connectivity index (χ0v) is 8.88. The second-order valence-electron chi connectivity index (χ2n) is 3.72. The van der Waals surface area contributed by atoms with E-state index >= 15 is 0 Å². The summed E-state index contributed by atoms with van der Waals surface area (Å²) in [6.45, 7) is 4.24. The van der Waals surface area contributed by atoms with Gasteiger partial charge in [0, 0.05) is 0 Å². The van der Waals surface area contributed by atoms with Gasteiger partial charge in [0.2, 0.25) is 0 Å². The van der Waals surface area contributed by atoms with Crippen LogP contribution in [0, 0.1) is 0 Å². The normalized spacial score (nSPS) is 15.6. The molecule has 1 aromatic rings. The number of hydrogen-bond donors (Lipinski definition) is 1. The highest BCUT2D eigenvalue weighted by atomic mass is 19.4. The van der Waals surface area contributed by atoms with Gasteiger partial charge in [0.1, 0.15) is 0 Å². The van der Waals surface area contributed by atoms with Crippen molar-refractivity contribution in [3.8, 4) is 0 Å². The van der Waals surface area contributed by atoms with Gasteiger partial charge >= 0.3 is 6.18 Å². The lowest BCUT2D eigenvalue weighted by molar-refractivity contribution is -0.259. The summed E-state index contributed by atoms with van der Waals surface area (Å²) in [4.78, 5) is 0. The molecule has 0 aliphatic rings. The summed E-state index contributed by atoms with van der Waals surface area (Å²) < 4.78 is 38.0. The second-order valence-corrected chi connectivity index (χ2v) is 3.72. The lowest BCUT2D eigenvalue weighted by atomic mass is 9.89. The van der Waals surface area contributed by atoms with Crippen LogP contribution < -0.4 is 0 Å². The molecule has 16 heavy (non-hydrogen) atoms. The average Bonchev–Trinajstić information content (AvgIpc) is 2.17. The Morgan fingerprint density at radius 2 is 1.88 bits per heavy atom. The number of aliphatic hydroxyl groups is 1. The van der Waals surface area contributed by atoms with Crippen LogP contribution in [0.5, 0.6) is 0 Å². The van der Waals surface area contributed by atoms with E-state index < -0.39 is 11.8 Å². The zero-order chi connectivity index (χ0) is 12.4. The number of hydrogen-bond acceptors (Lipinski definition) is 1. The van der Waals surface area contributed by atoms with Crippen molar-refractivity contribution in [2.24, 2.45) is 0 Å². The molecule has 4 heteroatoms. The van der Waals surface area contributed by atoms with E-state index in [0.717, 1.165) is 6.92 Å². The Labute approximate surface area is 92.2 Å². The highest BCUT2D eigenvalue weighted by molar-refractivity contribution is 5.34. The van der Waals surface area contributed by atoms with Crippen LogP contribution in [-0.4, -0.2) is 11.3 Å². The molecular formula is C12H13F3O. The minimum Gasteiger partial charge on any atom is -0.376 e. The van der Waals surface area contributed by atoms with Crippen molar-refractivity contribution in [2.45, 2.75) is 25.1 Å². The summed E-state index contributed by atoms with van der Waals surface area (Å²) in [6.07, 6.45) is -2.89. The Bertz CT molecular complexity index is 380. The smallest absolute Gasteiger partial charge is 0.376 e. The molecule has 0 saturated carbocycles. The van der Waals surface area contributed by atoms with Crippen molar-refractivity contribution in [1.29, 1.82) is 0 Å². The van der Waals surface area contributed by atoms with Crippen molar-refractivity contribution >= 4 is 0 Å². The number of allylic oxidation sites excluding steroid dienone is 1. The van der Waals surface area contributed by atoms with Crippen molar-refractivity contribution in [2.75, 3.05) is 0 Å². The molecule has 0 aliphatic carbocycles. The van der Waals surface area contributed by atoms with E-state index in [1.807, 2.05) is 0 Å². The first-order valence-corrected chi connectivity index (χ1v) is 4.79. The first-order chi connectivity index (χ1) is 7.30. The lowest BCUT2D eigenvalue weighted by Gasteiger charge is -2.28. The largest absolute Gasteiger partial charge is 0.421 e. The van der Waals surface area contributed by atoms with E-state index in [1.54, 1.807) is 12.1 Å². The van der Waals surface area contributed by atoms with Gasteiger partial charge in [-0.15, -0.1) is 6.58 Å². The van der Waals surface area contributed by atoms with Crippen molar-refractivity contribution in [1.82, 2.24) is 0 Å². The van der Waals surface area contributed by atoms with Gasteiger partial charge in [-0.1, -0.05) is 30.3 Å². The maximum Gasteiger partial charge on any atom is 0.421 e. The first-order valence-electron chi connectivity index (χ1n) is 4.79. The number of rotatable bonds is 3. The van der Waals surface area contributed by atoms with E-state index in [2.05, 4.69) is 6.58 Å². The van der Waals surface area contributed by atoms with Crippen molar-refractivity contribution in [3.05, 3.63) is 48.0 Å². The molecule has 1 N–H and O–H groups in total. The summed E-state index contributed by atoms with van der Waals surface area (Å²) >= 11 is 0. The van der Waals surface area contributed by atoms with Crippen LogP contribution in [0.25, 0.3) is 0 Å². The zero-order valence-electron chi connectivity index (χ0n) is 8.88. The van der Waals surface area contributed by atoms with Gasteiger partial charge < -0.3 is 5.11 Å². The van der Waals surface area contributed by atoms with E-state index in [4.69, 9.17) is 0 Å². The maximum absolute atomic E-state index is 12.7. The fourth-order valence-electron chi connectivity index (χ4n) is 1.48. The van der Waals surface area contributed by atoms with Crippen LogP contribution in [0.2, 0.25) is 0 Å². The van der Waals surface area contributed by atoms with Crippen LogP contribution in [-0.2, 0) is 12.0 Å². The SMILES string of the molecule is C=CCc1ccccc1C(C)(O)C(F)(F)F. The maximum atomic E-state index is 12.7. The average molecular weight is 230 g/mol. The minimum atomic E-state index is -4.69. The highest BCUT2D eigenvalue weighted by Crippen LogP contribution is 2.39. The third-order valence-electron chi connectivity index (χ3n) is 2.46. The molecule has 88 valence electrons. The summed E-state index contributed by atoms with van der Waals surface area (Å²) in [5.41, 5.74) is -2.52. The Hall–Kier alpha value is -1.29. The van der Waals surface area contributed by atoms with Gasteiger partial charge in [0.05, 0.1) is 0 Å². The Kier molecular flexibility index (Phi) is 3.43. The molecule has 1 atom stereocenters. The summed E-state index contributed by atoms with van der Waals surface area (Å²) in [7, 11) is 0. The molecule has 0 aromatic heterocycles. The molecule has 1 nitrogen and oxygen atoms in total. The second kappa shape index (κ2) is 4.29. The molecule has 0 heterocycles. The molecule has 1 rings (SSSR count). The topological polar surface area (TPSA) is 20.2 Å². The summed E-state index contributed by atoms with van der Waals surface area (Å²) in [6, 6.07) is 5.94. The molecule has 0 spiro atoms. The Morgan fingerprint density at radius 1 is 1.31 bits per heavy atom. The van der Waals surface area contributed by atoms with E-state index in [9.17, 15) is 18.3 Å². The van der Waals surface area contributed by atoms with Gasteiger partial charge in [0.15, 0.2) is 5.60 Å².